The number of rotatable bonds is 7. The molecule has 0 atom stereocenters. The molecule has 25 heavy (non-hydrogen) atoms. The van der Waals surface area contributed by atoms with Gasteiger partial charge in [0.2, 0.25) is 0 Å². The smallest absolute Gasteiger partial charge is 0.133 e. The number of benzene rings is 1. The van der Waals surface area contributed by atoms with E-state index >= 15 is 0 Å². The quantitative estimate of drug-likeness (QED) is 0.760. The van der Waals surface area contributed by atoms with Crippen molar-refractivity contribution in [2.45, 2.75) is 45.1 Å². The minimum absolute atomic E-state index is 0.463. The highest BCUT2D eigenvalue weighted by Crippen LogP contribution is 2.21. The Morgan fingerprint density at radius 2 is 1.68 bits per heavy atom. The fourth-order valence-corrected chi connectivity index (χ4v) is 4.19. The van der Waals surface area contributed by atoms with Gasteiger partial charge in [-0.05, 0) is 37.9 Å². The third-order valence-corrected chi connectivity index (χ3v) is 5.74. The van der Waals surface area contributed by atoms with E-state index in [-0.39, 0.29) is 0 Å². The van der Waals surface area contributed by atoms with Crippen molar-refractivity contribution in [1.29, 1.82) is 0 Å². The number of nitrogens with zero attached hydrogens (tertiary/aromatic N) is 3. The van der Waals surface area contributed by atoms with Crippen molar-refractivity contribution in [3.63, 3.8) is 0 Å². The van der Waals surface area contributed by atoms with Crippen LogP contribution in [0.25, 0.3) is 0 Å². The molecule has 4 heteroatoms. The van der Waals surface area contributed by atoms with E-state index in [0.29, 0.717) is 11.8 Å². The Morgan fingerprint density at radius 1 is 1.00 bits per heavy atom. The number of Topliss-reactive ketones (excluding diaryl/α,β-unsaturated/α-hetero) is 1. The zero-order chi connectivity index (χ0) is 17.5. The standard InChI is InChI=1S/C21H33N3O/c1-2-12-23(20-8-10-21(25)11-9-20)16-13-22-14-17-24(18-15-22)19-6-4-3-5-7-19/h3-7,20H,2,8-18H2,1H3. The van der Waals surface area contributed by atoms with Crippen molar-refractivity contribution in [2.75, 3.05) is 50.7 Å². The molecule has 0 amide bonds. The van der Waals surface area contributed by atoms with Gasteiger partial charge in [-0.3, -0.25) is 14.6 Å². The van der Waals surface area contributed by atoms with Crippen LogP contribution in [0, 0.1) is 0 Å². The van der Waals surface area contributed by atoms with E-state index in [4.69, 9.17) is 0 Å². The average molecular weight is 344 g/mol. The molecule has 0 unspecified atom stereocenters. The molecule has 1 saturated heterocycles. The summed E-state index contributed by atoms with van der Waals surface area (Å²) in [5, 5.41) is 0. The molecule has 1 aliphatic heterocycles. The van der Waals surface area contributed by atoms with Gasteiger partial charge >= 0.3 is 0 Å². The third kappa shape index (κ3) is 5.29. The number of carbonyl (C=O) groups excluding carboxylic acids is 1. The molecule has 0 bridgehead atoms. The topological polar surface area (TPSA) is 26.8 Å². The second-order valence-electron chi connectivity index (χ2n) is 7.47. The fraction of sp³-hybridized carbons (Fsp3) is 0.667. The molecule has 0 radical (unpaired) electrons. The highest BCUT2D eigenvalue weighted by molar-refractivity contribution is 5.79. The molecule has 1 aromatic rings. The molecule has 1 saturated carbocycles. The Hall–Kier alpha value is -1.39. The fourth-order valence-electron chi connectivity index (χ4n) is 4.19. The molecule has 1 aliphatic carbocycles. The first-order valence-corrected chi connectivity index (χ1v) is 10.0. The van der Waals surface area contributed by atoms with Crippen LogP contribution < -0.4 is 4.90 Å². The van der Waals surface area contributed by atoms with Gasteiger partial charge < -0.3 is 4.90 Å². The van der Waals surface area contributed by atoms with E-state index in [1.165, 1.54) is 18.7 Å². The molecule has 1 heterocycles. The van der Waals surface area contributed by atoms with Crippen molar-refractivity contribution in [1.82, 2.24) is 9.80 Å². The first-order chi connectivity index (χ1) is 12.3. The maximum absolute atomic E-state index is 11.5. The number of para-hydroxylation sites is 1. The summed E-state index contributed by atoms with van der Waals surface area (Å²) >= 11 is 0. The molecule has 0 N–H and O–H groups in total. The molecule has 1 aromatic carbocycles. The van der Waals surface area contributed by atoms with E-state index in [2.05, 4.69) is 52.0 Å². The van der Waals surface area contributed by atoms with Crippen LogP contribution in [0.15, 0.2) is 30.3 Å². The van der Waals surface area contributed by atoms with Crippen LogP contribution in [0.1, 0.15) is 39.0 Å². The number of hydrogen-bond acceptors (Lipinski definition) is 4. The largest absolute Gasteiger partial charge is 0.369 e. The molecule has 3 rings (SSSR count). The molecule has 2 fully saturated rings. The van der Waals surface area contributed by atoms with Crippen LogP contribution in [-0.2, 0) is 4.79 Å². The van der Waals surface area contributed by atoms with E-state index in [1.54, 1.807) is 0 Å². The number of piperazine rings is 1. The number of anilines is 1. The summed E-state index contributed by atoms with van der Waals surface area (Å²) in [6.45, 7) is 10.3. The van der Waals surface area contributed by atoms with E-state index in [9.17, 15) is 4.79 Å². The Balaban J connectivity index is 1.43. The van der Waals surface area contributed by atoms with Gasteiger partial charge in [0.15, 0.2) is 0 Å². The summed E-state index contributed by atoms with van der Waals surface area (Å²) in [6, 6.07) is 11.4. The molecule has 4 nitrogen and oxygen atoms in total. The monoisotopic (exact) mass is 343 g/mol. The Kier molecular flexibility index (Phi) is 6.88. The molecule has 0 aromatic heterocycles. The Morgan fingerprint density at radius 3 is 2.32 bits per heavy atom. The normalized spacial score (nSPS) is 20.4. The number of ketones is 1. The predicted molar refractivity (Wildman–Crippen MR) is 104 cm³/mol. The number of carbonyl (C=O) groups is 1. The van der Waals surface area contributed by atoms with Crippen LogP contribution in [0.3, 0.4) is 0 Å². The summed E-state index contributed by atoms with van der Waals surface area (Å²) < 4.78 is 0. The van der Waals surface area contributed by atoms with Crippen LogP contribution in [0.2, 0.25) is 0 Å². The molecular formula is C21H33N3O. The summed E-state index contributed by atoms with van der Waals surface area (Å²) in [7, 11) is 0. The van der Waals surface area contributed by atoms with Gasteiger partial charge in [-0.25, -0.2) is 0 Å². The van der Waals surface area contributed by atoms with Gasteiger partial charge in [0, 0.05) is 63.8 Å². The van der Waals surface area contributed by atoms with Crippen molar-refractivity contribution in [2.24, 2.45) is 0 Å². The second kappa shape index (κ2) is 9.35. The van der Waals surface area contributed by atoms with Crippen LogP contribution >= 0.6 is 0 Å². The van der Waals surface area contributed by atoms with Crippen molar-refractivity contribution >= 4 is 11.5 Å². The second-order valence-corrected chi connectivity index (χ2v) is 7.47. The highest BCUT2D eigenvalue weighted by atomic mass is 16.1. The lowest BCUT2D eigenvalue weighted by Crippen LogP contribution is -2.50. The van der Waals surface area contributed by atoms with Crippen molar-refractivity contribution < 1.29 is 4.79 Å². The summed E-state index contributed by atoms with van der Waals surface area (Å²) in [5.74, 6) is 0.463. The SMILES string of the molecule is CCCN(CCN1CCN(c2ccccc2)CC1)C1CCC(=O)CC1. The maximum Gasteiger partial charge on any atom is 0.133 e. The zero-order valence-electron chi connectivity index (χ0n) is 15.7. The van der Waals surface area contributed by atoms with Crippen molar-refractivity contribution in [3.8, 4) is 0 Å². The van der Waals surface area contributed by atoms with E-state index < -0.39 is 0 Å². The van der Waals surface area contributed by atoms with Gasteiger partial charge in [0.25, 0.3) is 0 Å². The van der Waals surface area contributed by atoms with Gasteiger partial charge in [0.1, 0.15) is 5.78 Å². The summed E-state index contributed by atoms with van der Waals surface area (Å²) in [4.78, 5) is 19.3. The molecule has 138 valence electrons. The minimum atomic E-state index is 0.463. The molecule has 2 aliphatic rings. The van der Waals surface area contributed by atoms with Crippen LogP contribution in [-0.4, -0.2) is 67.4 Å². The lowest BCUT2D eigenvalue weighted by atomic mass is 9.93. The first kappa shape index (κ1) is 18.4. The van der Waals surface area contributed by atoms with Gasteiger partial charge in [0.05, 0.1) is 0 Å². The third-order valence-electron chi connectivity index (χ3n) is 5.74. The van der Waals surface area contributed by atoms with E-state index in [0.717, 1.165) is 65.0 Å². The van der Waals surface area contributed by atoms with Crippen LogP contribution in [0.5, 0.6) is 0 Å². The van der Waals surface area contributed by atoms with Crippen molar-refractivity contribution in [3.05, 3.63) is 30.3 Å². The summed E-state index contributed by atoms with van der Waals surface area (Å²) in [6.07, 6.45) is 4.93. The average Bonchev–Trinajstić information content (AvgIpc) is 2.67. The molecule has 0 spiro atoms. The zero-order valence-corrected chi connectivity index (χ0v) is 15.7. The lowest BCUT2D eigenvalue weighted by molar-refractivity contribution is -0.121. The predicted octanol–water partition coefficient (Wildman–Crippen LogP) is 3.03. The highest BCUT2D eigenvalue weighted by Gasteiger charge is 2.25. The summed E-state index contributed by atoms with van der Waals surface area (Å²) in [5.41, 5.74) is 1.35. The van der Waals surface area contributed by atoms with Gasteiger partial charge in [-0.2, -0.15) is 0 Å². The Bertz CT molecular complexity index is 515. The number of hydrogen-bond donors (Lipinski definition) is 0. The van der Waals surface area contributed by atoms with Crippen LogP contribution in [0.4, 0.5) is 5.69 Å². The first-order valence-electron chi connectivity index (χ1n) is 10.0. The lowest BCUT2D eigenvalue weighted by Gasteiger charge is -2.39. The Labute approximate surface area is 152 Å². The van der Waals surface area contributed by atoms with E-state index in [1.807, 2.05) is 0 Å². The minimum Gasteiger partial charge on any atom is -0.369 e. The van der Waals surface area contributed by atoms with Gasteiger partial charge in [-0.1, -0.05) is 25.1 Å². The molecular weight excluding hydrogens is 310 g/mol. The maximum atomic E-state index is 11.5. The van der Waals surface area contributed by atoms with Gasteiger partial charge in [-0.15, -0.1) is 0 Å².